The van der Waals surface area contributed by atoms with Crippen LogP contribution in [0.2, 0.25) is 0 Å². The third-order valence-electron chi connectivity index (χ3n) is 3.09. The monoisotopic (exact) mass is 389 g/mol. The largest absolute Gasteiger partial charge is 0.334 e. The molecule has 1 aromatic rings. The van der Waals surface area contributed by atoms with Crippen molar-refractivity contribution in [2.75, 3.05) is 23.4 Å². The van der Waals surface area contributed by atoms with E-state index in [1.54, 1.807) is 18.2 Å². The molecule has 1 saturated heterocycles. The van der Waals surface area contributed by atoms with Crippen molar-refractivity contribution < 1.29 is 18.0 Å². The zero-order valence-corrected chi connectivity index (χ0v) is 14.0. The molecule has 9 heteroatoms. The Morgan fingerprint density at radius 3 is 2.73 bits per heavy atom. The molecule has 0 unspecified atom stereocenters. The number of carbonyl (C=O) groups excluding carboxylic acids is 2. The number of benzene rings is 1. The van der Waals surface area contributed by atoms with Crippen molar-refractivity contribution in [3.05, 3.63) is 28.7 Å². The van der Waals surface area contributed by atoms with Crippen molar-refractivity contribution in [2.24, 2.45) is 0 Å². The summed E-state index contributed by atoms with van der Waals surface area (Å²) in [7, 11) is -3.04. The van der Waals surface area contributed by atoms with Crippen molar-refractivity contribution in [3.8, 4) is 0 Å². The predicted molar refractivity (Wildman–Crippen MR) is 86.4 cm³/mol. The van der Waals surface area contributed by atoms with Gasteiger partial charge in [-0.3, -0.25) is 4.79 Å². The van der Waals surface area contributed by atoms with Crippen LogP contribution >= 0.6 is 15.9 Å². The minimum absolute atomic E-state index is 0.0509. The number of sulfone groups is 1. The van der Waals surface area contributed by atoms with Gasteiger partial charge in [-0.1, -0.05) is 22.0 Å². The highest BCUT2D eigenvalue weighted by Gasteiger charge is 2.28. The Kier molecular flexibility index (Phi) is 5.41. The maximum atomic E-state index is 11.7. The molecule has 120 valence electrons. The second-order valence-electron chi connectivity index (χ2n) is 4.99. The van der Waals surface area contributed by atoms with Gasteiger partial charge in [0.15, 0.2) is 9.84 Å². The summed E-state index contributed by atoms with van der Waals surface area (Å²) >= 11 is 3.29. The van der Waals surface area contributed by atoms with E-state index in [0.29, 0.717) is 12.1 Å². The van der Waals surface area contributed by atoms with E-state index < -0.39 is 21.9 Å². The quantitative estimate of drug-likeness (QED) is 0.710. The van der Waals surface area contributed by atoms with Gasteiger partial charge < -0.3 is 16.0 Å². The molecule has 1 aliphatic heterocycles. The third kappa shape index (κ3) is 5.30. The lowest BCUT2D eigenvalue weighted by Crippen LogP contribution is -2.45. The molecule has 3 amide bonds. The second kappa shape index (κ2) is 7.10. The maximum Gasteiger partial charge on any atom is 0.315 e. The van der Waals surface area contributed by atoms with Crippen LogP contribution in [-0.2, 0) is 14.6 Å². The summed E-state index contributed by atoms with van der Waals surface area (Å²) in [5, 5.41) is 7.59. The molecule has 22 heavy (non-hydrogen) atoms. The van der Waals surface area contributed by atoms with Crippen LogP contribution in [0, 0.1) is 0 Å². The molecule has 2 rings (SSSR count). The summed E-state index contributed by atoms with van der Waals surface area (Å²) in [5.41, 5.74) is 0.614. The zero-order valence-electron chi connectivity index (χ0n) is 11.6. The number of rotatable bonds is 4. The van der Waals surface area contributed by atoms with Crippen LogP contribution in [0.25, 0.3) is 0 Å². The highest BCUT2D eigenvalue weighted by molar-refractivity contribution is 9.10. The average Bonchev–Trinajstić information content (AvgIpc) is 2.75. The number of amides is 3. The summed E-state index contributed by atoms with van der Waals surface area (Å²) in [4.78, 5) is 23.3. The van der Waals surface area contributed by atoms with E-state index in [4.69, 9.17) is 0 Å². The number of carbonyl (C=O) groups is 2. The maximum absolute atomic E-state index is 11.7. The summed E-state index contributed by atoms with van der Waals surface area (Å²) < 4.78 is 23.4. The topological polar surface area (TPSA) is 104 Å². The number of urea groups is 1. The summed E-state index contributed by atoms with van der Waals surface area (Å²) in [6.07, 6.45) is 0.403. The molecule has 1 atom stereocenters. The average molecular weight is 390 g/mol. The Labute approximate surface area is 136 Å². The molecule has 0 spiro atoms. The molecular weight excluding hydrogens is 374 g/mol. The summed E-state index contributed by atoms with van der Waals surface area (Å²) in [6, 6.07) is 6.13. The Bertz CT molecular complexity index is 678. The first kappa shape index (κ1) is 16.8. The van der Waals surface area contributed by atoms with Crippen LogP contribution in [0.3, 0.4) is 0 Å². The number of halogens is 1. The van der Waals surface area contributed by atoms with E-state index in [2.05, 4.69) is 31.9 Å². The number of nitrogens with one attached hydrogen (secondary N) is 3. The fourth-order valence-electron chi connectivity index (χ4n) is 2.08. The molecule has 0 radical (unpaired) electrons. The van der Waals surface area contributed by atoms with Crippen molar-refractivity contribution in [2.45, 2.75) is 12.5 Å². The van der Waals surface area contributed by atoms with Gasteiger partial charge in [-0.15, -0.1) is 0 Å². The van der Waals surface area contributed by atoms with Gasteiger partial charge in [0.25, 0.3) is 0 Å². The molecule has 7 nitrogen and oxygen atoms in total. The van der Waals surface area contributed by atoms with Gasteiger partial charge in [0, 0.05) is 16.2 Å². The van der Waals surface area contributed by atoms with Gasteiger partial charge in [-0.25, -0.2) is 13.2 Å². The molecule has 0 aromatic heterocycles. The van der Waals surface area contributed by atoms with Crippen LogP contribution in [0.15, 0.2) is 28.7 Å². The van der Waals surface area contributed by atoms with E-state index >= 15 is 0 Å². The van der Waals surface area contributed by atoms with E-state index in [9.17, 15) is 18.0 Å². The highest BCUT2D eigenvalue weighted by Crippen LogP contribution is 2.15. The van der Waals surface area contributed by atoms with E-state index in [1.807, 2.05) is 6.07 Å². The Morgan fingerprint density at radius 1 is 1.32 bits per heavy atom. The first-order chi connectivity index (χ1) is 10.3. The Hall–Kier alpha value is -1.61. The number of hydrogen-bond acceptors (Lipinski definition) is 4. The Balaban J connectivity index is 1.73. The van der Waals surface area contributed by atoms with Crippen LogP contribution in [-0.4, -0.2) is 44.4 Å². The fraction of sp³-hybridized carbons (Fsp3) is 0.385. The van der Waals surface area contributed by atoms with Crippen molar-refractivity contribution in [1.82, 2.24) is 10.6 Å². The van der Waals surface area contributed by atoms with Crippen LogP contribution in [0.4, 0.5) is 10.5 Å². The second-order valence-corrected chi connectivity index (χ2v) is 8.13. The molecule has 0 aliphatic carbocycles. The van der Waals surface area contributed by atoms with E-state index in [0.717, 1.165) is 4.47 Å². The van der Waals surface area contributed by atoms with Crippen molar-refractivity contribution in [1.29, 1.82) is 0 Å². The first-order valence-electron chi connectivity index (χ1n) is 6.64. The third-order valence-corrected chi connectivity index (χ3v) is 5.35. The van der Waals surface area contributed by atoms with Crippen LogP contribution in [0.1, 0.15) is 6.42 Å². The Morgan fingerprint density at radius 2 is 2.09 bits per heavy atom. The fourth-order valence-corrected chi connectivity index (χ4v) is 4.15. The zero-order chi connectivity index (χ0) is 16.2. The summed E-state index contributed by atoms with van der Waals surface area (Å²) in [5.74, 6) is -0.335. The van der Waals surface area contributed by atoms with Crippen LogP contribution < -0.4 is 16.0 Å². The van der Waals surface area contributed by atoms with E-state index in [1.165, 1.54) is 0 Å². The predicted octanol–water partition coefficient (Wildman–Crippen LogP) is 0.874. The number of anilines is 1. The SMILES string of the molecule is O=C(CNC(=O)N[C@@H]1CCS(=O)(=O)C1)Nc1cccc(Br)c1. The molecular formula is C13H16BrN3O4S. The van der Waals surface area contributed by atoms with Gasteiger partial charge in [0.1, 0.15) is 0 Å². The molecule has 1 fully saturated rings. The molecule has 0 saturated carbocycles. The minimum atomic E-state index is -3.04. The first-order valence-corrected chi connectivity index (χ1v) is 9.26. The minimum Gasteiger partial charge on any atom is -0.334 e. The molecule has 1 heterocycles. The highest BCUT2D eigenvalue weighted by atomic mass is 79.9. The number of hydrogen-bond donors (Lipinski definition) is 3. The molecule has 1 aliphatic rings. The summed E-state index contributed by atoms with van der Waals surface area (Å²) in [6.45, 7) is -0.197. The lowest BCUT2D eigenvalue weighted by Gasteiger charge is -2.12. The normalized spacial score (nSPS) is 19.4. The van der Waals surface area contributed by atoms with Gasteiger partial charge in [-0.2, -0.15) is 0 Å². The van der Waals surface area contributed by atoms with Gasteiger partial charge in [-0.05, 0) is 24.6 Å². The van der Waals surface area contributed by atoms with Crippen molar-refractivity contribution >= 4 is 43.4 Å². The molecule has 3 N–H and O–H groups in total. The smallest absolute Gasteiger partial charge is 0.315 e. The lowest BCUT2D eigenvalue weighted by molar-refractivity contribution is -0.115. The standard InChI is InChI=1S/C13H16BrN3O4S/c14-9-2-1-3-10(6-9)16-12(18)7-15-13(19)17-11-4-5-22(20,21)8-11/h1-3,6,11H,4-5,7-8H2,(H,16,18)(H2,15,17,19)/t11-/m1/s1. The van der Waals surface area contributed by atoms with Crippen LogP contribution in [0.5, 0.6) is 0 Å². The van der Waals surface area contributed by atoms with Gasteiger partial charge in [0.05, 0.1) is 18.1 Å². The van der Waals surface area contributed by atoms with E-state index in [-0.39, 0.29) is 24.0 Å². The van der Waals surface area contributed by atoms with Gasteiger partial charge in [0.2, 0.25) is 5.91 Å². The van der Waals surface area contributed by atoms with Crippen molar-refractivity contribution in [3.63, 3.8) is 0 Å². The molecule has 1 aromatic carbocycles. The molecule has 0 bridgehead atoms. The van der Waals surface area contributed by atoms with Gasteiger partial charge >= 0.3 is 6.03 Å². The lowest BCUT2D eigenvalue weighted by atomic mass is 10.3.